The van der Waals surface area contributed by atoms with E-state index in [0.717, 1.165) is 5.56 Å². The van der Waals surface area contributed by atoms with Gasteiger partial charge >= 0.3 is 0 Å². The minimum atomic E-state index is -3.85. The minimum Gasteiger partial charge on any atom is -0.454 e. The van der Waals surface area contributed by atoms with Gasteiger partial charge < -0.3 is 10.1 Å². The topological polar surface area (TPSA) is 75.7 Å². The summed E-state index contributed by atoms with van der Waals surface area (Å²) in [6, 6.07) is 18.6. The van der Waals surface area contributed by atoms with E-state index < -0.39 is 15.9 Å². The largest absolute Gasteiger partial charge is 0.454 e. The van der Waals surface area contributed by atoms with E-state index in [1.54, 1.807) is 36.4 Å². The van der Waals surface area contributed by atoms with Crippen molar-refractivity contribution in [3.05, 3.63) is 77.9 Å². The van der Waals surface area contributed by atoms with Crippen LogP contribution in [0.4, 0.5) is 11.4 Å². The first-order chi connectivity index (χ1) is 13.4. The van der Waals surface area contributed by atoms with Gasteiger partial charge in [-0.2, -0.15) is 0 Å². The summed E-state index contributed by atoms with van der Waals surface area (Å²) in [5.41, 5.74) is 2.10. The van der Waals surface area contributed by atoms with E-state index >= 15 is 0 Å². The Kier molecular flexibility index (Phi) is 4.31. The molecule has 3 aromatic rings. The van der Waals surface area contributed by atoms with E-state index in [9.17, 15) is 13.2 Å². The fourth-order valence-electron chi connectivity index (χ4n) is 3.11. The lowest BCUT2D eigenvalue weighted by molar-refractivity contribution is 0.102. The zero-order valence-corrected chi connectivity index (χ0v) is 16.2. The number of ether oxygens (including phenoxy) is 1. The number of nitrogens with zero attached hydrogens (tertiary/aromatic N) is 1. The molecule has 142 valence electrons. The highest BCUT2D eigenvalue weighted by atomic mass is 32.2. The molecule has 0 radical (unpaired) electrons. The van der Waals surface area contributed by atoms with E-state index in [1.165, 1.54) is 29.6 Å². The van der Waals surface area contributed by atoms with Crippen molar-refractivity contribution in [2.45, 2.75) is 11.8 Å². The van der Waals surface area contributed by atoms with Crippen LogP contribution in [0.2, 0.25) is 0 Å². The molecule has 1 N–H and O–H groups in total. The number of rotatable bonds is 3. The molecule has 1 aliphatic rings. The molecule has 6 nitrogen and oxygen atoms in total. The standard InChI is InChI=1S/C21H18N2O4S/c1-14-7-3-5-9-18(14)23(2)28(25,26)15-11-12-19-16(13-15)21(24)22-17-8-4-6-10-20(17)27-19/h3-13H,1-2H3,(H,22,24). The smallest absolute Gasteiger partial charge is 0.264 e. The highest BCUT2D eigenvalue weighted by molar-refractivity contribution is 7.92. The van der Waals surface area contributed by atoms with Crippen LogP contribution in [-0.4, -0.2) is 21.4 Å². The van der Waals surface area contributed by atoms with Crippen LogP contribution in [0.25, 0.3) is 0 Å². The number of carbonyl (C=O) groups excluding carboxylic acids is 1. The molecule has 0 atom stereocenters. The average molecular weight is 394 g/mol. The van der Waals surface area contributed by atoms with Crippen molar-refractivity contribution in [3.63, 3.8) is 0 Å². The number of para-hydroxylation sites is 3. The Bertz CT molecular complexity index is 1190. The van der Waals surface area contributed by atoms with Gasteiger partial charge in [0.05, 0.1) is 21.8 Å². The highest BCUT2D eigenvalue weighted by Gasteiger charge is 2.27. The van der Waals surface area contributed by atoms with Gasteiger partial charge in [-0.05, 0) is 48.9 Å². The van der Waals surface area contributed by atoms with E-state index in [2.05, 4.69) is 5.32 Å². The zero-order chi connectivity index (χ0) is 19.9. The summed E-state index contributed by atoms with van der Waals surface area (Å²) >= 11 is 0. The summed E-state index contributed by atoms with van der Waals surface area (Å²) in [4.78, 5) is 12.7. The number of carbonyl (C=O) groups is 1. The summed E-state index contributed by atoms with van der Waals surface area (Å²) in [7, 11) is -2.36. The van der Waals surface area contributed by atoms with Gasteiger partial charge in [-0.25, -0.2) is 8.42 Å². The van der Waals surface area contributed by atoms with Gasteiger partial charge in [0, 0.05) is 7.05 Å². The van der Waals surface area contributed by atoms with E-state index in [4.69, 9.17) is 4.74 Å². The Morgan fingerprint density at radius 2 is 1.64 bits per heavy atom. The van der Waals surface area contributed by atoms with Crippen molar-refractivity contribution >= 4 is 27.3 Å². The van der Waals surface area contributed by atoms with Gasteiger partial charge in [-0.15, -0.1) is 0 Å². The van der Waals surface area contributed by atoms with E-state index in [0.29, 0.717) is 22.9 Å². The molecule has 3 aromatic carbocycles. The SMILES string of the molecule is Cc1ccccc1N(C)S(=O)(=O)c1ccc2c(c1)C(=O)Nc1ccccc1O2. The Morgan fingerprint density at radius 3 is 2.43 bits per heavy atom. The maximum Gasteiger partial charge on any atom is 0.264 e. The number of amides is 1. The third kappa shape index (κ3) is 2.99. The molecule has 0 bridgehead atoms. The maximum absolute atomic E-state index is 13.1. The number of aryl methyl sites for hydroxylation is 1. The fourth-order valence-corrected chi connectivity index (χ4v) is 4.39. The highest BCUT2D eigenvalue weighted by Crippen LogP contribution is 2.37. The third-order valence-electron chi connectivity index (χ3n) is 4.66. The molecule has 7 heteroatoms. The van der Waals surface area contributed by atoms with Crippen LogP contribution in [0.1, 0.15) is 15.9 Å². The lowest BCUT2D eigenvalue weighted by Gasteiger charge is -2.21. The van der Waals surface area contributed by atoms with Gasteiger partial charge in [0.1, 0.15) is 5.75 Å². The third-order valence-corrected chi connectivity index (χ3v) is 6.43. The van der Waals surface area contributed by atoms with Crippen molar-refractivity contribution in [2.24, 2.45) is 0 Å². The van der Waals surface area contributed by atoms with Crippen LogP contribution in [-0.2, 0) is 10.0 Å². The summed E-state index contributed by atoms with van der Waals surface area (Å²) in [5.74, 6) is 0.387. The summed E-state index contributed by atoms with van der Waals surface area (Å²) in [6.45, 7) is 1.84. The van der Waals surface area contributed by atoms with E-state index in [1.807, 2.05) is 19.1 Å². The fraction of sp³-hybridized carbons (Fsp3) is 0.0952. The van der Waals surface area contributed by atoms with Crippen molar-refractivity contribution in [3.8, 4) is 11.5 Å². The molecule has 0 spiro atoms. The van der Waals surface area contributed by atoms with Crippen molar-refractivity contribution in [1.29, 1.82) is 0 Å². The number of hydrogen-bond donors (Lipinski definition) is 1. The second-order valence-corrected chi connectivity index (χ2v) is 8.44. The van der Waals surface area contributed by atoms with Crippen LogP contribution in [0.3, 0.4) is 0 Å². The number of hydrogen-bond acceptors (Lipinski definition) is 4. The Morgan fingerprint density at radius 1 is 0.929 bits per heavy atom. The van der Waals surface area contributed by atoms with Crippen molar-refractivity contribution in [1.82, 2.24) is 0 Å². The number of benzene rings is 3. The van der Waals surface area contributed by atoms with Gasteiger partial charge in [0.15, 0.2) is 5.75 Å². The molecule has 1 heterocycles. The molecule has 0 aromatic heterocycles. The van der Waals surface area contributed by atoms with E-state index in [-0.39, 0.29) is 10.5 Å². The maximum atomic E-state index is 13.1. The number of nitrogens with one attached hydrogen (secondary N) is 1. The van der Waals surface area contributed by atoms with Crippen LogP contribution in [0.15, 0.2) is 71.6 Å². The molecule has 0 saturated carbocycles. The number of anilines is 2. The first kappa shape index (κ1) is 18.1. The first-order valence-electron chi connectivity index (χ1n) is 8.65. The number of sulfonamides is 1. The first-order valence-corrected chi connectivity index (χ1v) is 10.1. The van der Waals surface area contributed by atoms with Gasteiger partial charge in [0.2, 0.25) is 0 Å². The molecule has 1 aliphatic heterocycles. The Balaban J connectivity index is 1.76. The second-order valence-electron chi connectivity index (χ2n) is 6.47. The summed E-state index contributed by atoms with van der Waals surface area (Å²) in [6.07, 6.45) is 0. The predicted molar refractivity (Wildman–Crippen MR) is 108 cm³/mol. The number of fused-ring (bicyclic) bond motifs is 2. The lowest BCUT2D eigenvalue weighted by Crippen LogP contribution is -2.27. The molecule has 4 rings (SSSR count). The monoisotopic (exact) mass is 394 g/mol. The van der Waals surface area contributed by atoms with Gasteiger partial charge in [-0.1, -0.05) is 30.3 Å². The van der Waals surface area contributed by atoms with Crippen LogP contribution in [0.5, 0.6) is 11.5 Å². The van der Waals surface area contributed by atoms with Crippen LogP contribution in [0, 0.1) is 6.92 Å². The van der Waals surface area contributed by atoms with Crippen LogP contribution < -0.4 is 14.4 Å². The normalized spacial score (nSPS) is 12.9. The minimum absolute atomic E-state index is 0.0155. The molecule has 0 fully saturated rings. The Hall–Kier alpha value is -3.32. The van der Waals surface area contributed by atoms with Gasteiger partial charge in [-0.3, -0.25) is 9.10 Å². The molecule has 28 heavy (non-hydrogen) atoms. The van der Waals surface area contributed by atoms with Crippen LogP contribution >= 0.6 is 0 Å². The average Bonchev–Trinajstić information content (AvgIpc) is 2.83. The quantitative estimate of drug-likeness (QED) is 0.723. The molecular formula is C21H18N2O4S. The molecular weight excluding hydrogens is 376 g/mol. The Labute approximate surface area is 163 Å². The summed E-state index contributed by atoms with van der Waals surface area (Å²) in [5, 5.41) is 2.75. The molecule has 0 unspecified atom stereocenters. The van der Waals surface area contributed by atoms with Crippen molar-refractivity contribution in [2.75, 3.05) is 16.7 Å². The van der Waals surface area contributed by atoms with Gasteiger partial charge in [0.25, 0.3) is 15.9 Å². The zero-order valence-electron chi connectivity index (χ0n) is 15.3. The molecule has 1 amide bonds. The summed E-state index contributed by atoms with van der Waals surface area (Å²) < 4.78 is 33.3. The predicted octanol–water partition coefficient (Wildman–Crippen LogP) is 4.18. The molecule has 0 saturated heterocycles. The lowest BCUT2D eigenvalue weighted by atomic mass is 10.2. The second kappa shape index (κ2) is 6.69. The molecule has 0 aliphatic carbocycles. The van der Waals surface area contributed by atoms with Crippen molar-refractivity contribution < 1.29 is 17.9 Å².